The van der Waals surface area contributed by atoms with Crippen molar-refractivity contribution >= 4 is 0 Å². The molecule has 0 amide bonds. The van der Waals surface area contributed by atoms with Gasteiger partial charge in [-0.15, -0.1) is 0 Å². The van der Waals surface area contributed by atoms with Crippen LogP contribution in [0.1, 0.15) is 45.2 Å². The van der Waals surface area contributed by atoms with Gasteiger partial charge in [0.15, 0.2) is 0 Å². The van der Waals surface area contributed by atoms with Crippen molar-refractivity contribution in [1.29, 1.82) is 0 Å². The molecule has 0 fully saturated rings. The van der Waals surface area contributed by atoms with E-state index in [1.54, 1.807) is 0 Å². The number of benzene rings is 1. The Labute approximate surface area is 109 Å². The number of allylic oxidation sites excluding steroid dienone is 2. The fraction of sp³-hybridized carbons (Fsp3) is 0.500. The molecule has 1 aliphatic heterocycles. The number of hydrogen-bond donors (Lipinski definition) is 1. The smallest absolute Gasteiger partial charge is 0.127 e. The predicted octanol–water partition coefficient (Wildman–Crippen LogP) is 4.00. The zero-order valence-electron chi connectivity index (χ0n) is 11.7. The Kier molecular flexibility index (Phi) is 3.38. The van der Waals surface area contributed by atoms with Gasteiger partial charge in [-0.2, -0.15) is 0 Å². The summed E-state index contributed by atoms with van der Waals surface area (Å²) in [5.41, 5.74) is 3.10. The molecule has 0 saturated carbocycles. The SMILES string of the molecule is CC(C)=CCc1ccc2c(c1O)CCC(C)(C)O2. The Hall–Kier alpha value is -1.44. The average Bonchev–Trinajstić information content (AvgIpc) is 2.26. The van der Waals surface area contributed by atoms with E-state index in [2.05, 4.69) is 33.8 Å². The van der Waals surface area contributed by atoms with Crippen molar-refractivity contribution in [3.8, 4) is 11.5 Å². The molecule has 0 unspecified atom stereocenters. The van der Waals surface area contributed by atoms with Crippen LogP contribution in [-0.4, -0.2) is 10.7 Å². The van der Waals surface area contributed by atoms with Crippen molar-refractivity contribution < 1.29 is 9.84 Å². The monoisotopic (exact) mass is 246 g/mol. The summed E-state index contributed by atoms with van der Waals surface area (Å²) in [4.78, 5) is 0. The number of fused-ring (bicyclic) bond motifs is 1. The predicted molar refractivity (Wildman–Crippen MR) is 74.3 cm³/mol. The first-order valence-electron chi connectivity index (χ1n) is 6.55. The van der Waals surface area contributed by atoms with Crippen molar-refractivity contribution in [3.05, 3.63) is 34.9 Å². The molecule has 0 spiro atoms. The average molecular weight is 246 g/mol. The Morgan fingerprint density at radius 2 is 2.11 bits per heavy atom. The highest BCUT2D eigenvalue weighted by Crippen LogP contribution is 2.39. The Bertz CT molecular complexity index is 480. The van der Waals surface area contributed by atoms with Crippen LogP contribution in [0.15, 0.2) is 23.8 Å². The van der Waals surface area contributed by atoms with Crippen molar-refractivity contribution in [2.75, 3.05) is 0 Å². The lowest BCUT2D eigenvalue weighted by molar-refractivity contribution is 0.0836. The number of aromatic hydroxyl groups is 1. The molecule has 1 heterocycles. The molecule has 0 bridgehead atoms. The minimum Gasteiger partial charge on any atom is -0.507 e. The lowest BCUT2D eigenvalue weighted by atomic mass is 9.92. The maximum atomic E-state index is 10.3. The molecule has 0 radical (unpaired) electrons. The van der Waals surface area contributed by atoms with E-state index in [0.717, 1.165) is 36.1 Å². The fourth-order valence-corrected chi connectivity index (χ4v) is 2.26. The van der Waals surface area contributed by atoms with E-state index in [1.807, 2.05) is 12.1 Å². The molecule has 18 heavy (non-hydrogen) atoms. The van der Waals surface area contributed by atoms with Crippen LogP contribution in [0.25, 0.3) is 0 Å². The number of rotatable bonds is 2. The second-order valence-corrected chi connectivity index (χ2v) is 5.90. The topological polar surface area (TPSA) is 29.5 Å². The summed E-state index contributed by atoms with van der Waals surface area (Å²) in [7, 11) is 0. The third-order valence-electron chi connectivity index (χ3n) is 3.42. The summed E-state index contributed by atoms with van der Waals surface area (Å²) in [6, 6.07) is 3.96. The molecule has 1 aliphatic rings. The highest BCUT2D eigenvalue weighted by molar-refractivity contribution is 5.51. The van der Waals surface area contributed by atoms with E-state index < -0.39 is 0 Å². The second kappa shape index (κ2) is 4.68. The highest BCUT2D eigenvalue weighted by Gasteiger charge is 2.28. The minimum absolute atomic E-state index is 0.124. The maximum absolute atomic E-state index is 10.3. The first-order valence-corrected chi connectivity index (χ1v) is 6.55. The zero-order valence-corrected chi connectivity index (χ0v) is 11.7. The summed E-state index contributed by atoms with van der Waals surface area (Å²) < 4.78 is 5.91. The Balaban J connectivity index is 2.31. The van der Waals surface area contributed by atoms with E-state index in [4.69, 9.17) is 4.74 Å². The van der Waals surface area contributed by atoms with Gasteiger partial charge in [0.1, 0.15) is 17.1 Å². The van der Waals surface area contributed by atoms with Gasteiger partial charge >= 0.3 is 0 Å². The molecule has 1 N–H and O–H groups in total. The van der Waals surface area contributed by atoms with E-state index in [9.17, 15) is 5.11 Å². The van der Waals surface area contributed by atoms with Gasteiger partial charge in [-0.1, -0.05) is 17.7 Å². The molecule has 2 heteroatoms. The lowest BCUT2D eigenvalue weighted by Crippen LogP contribution is -2.32. The standard InChI is InChI=1S/C16H22O2/c1-11(2)5-6-12-7-8-14-13(15(12)17)9-10-16(3,4)18-14/h5,7-8,17H,6,9-10H2,1-4H3. The van der Waals surface area contributed by atoms with Crippen LogP contribution in [0.3, 0.4) is 0 Å². The largest absolute Gasteiger partial charge is 0.507 e. The Morgan fingerprint density at radius 1 is 1.39 bits per heavy atom. The molecular formula is C16H22O2. The van der Waals surface area contributed by atoms with Crippen molar-refractivity contribution in [1.82, 2.24) is 0 Å². The van der Waals surface area contributed by atoms with Gasteiger partial charge in [0, 0.05) is 5.56 Å². The normalized spacial score (nSPS) is 16.7. The molecule has 0 aliphatic carbocycles. The van der Waals surface area contributed by atoms with Gasteiger partial charge in [-0.25, -0.2) is 0 Å². The summed E-state index contributed by atoms with van der Waals surface area (Å²) in [6.07, 6.45) is 4.75. The molecule has 1 aromatic rings. The summed E-state index contributed by atoms with van der Waals surface area (Å²) >= 11 is 0. The third kappa shape index (κ3) is 2.69. The van der Waals surface area contributed by atoms with Gasteiger partial charge in [0.2, 0.25) is 0 Å². The fourth-order valence-electron chi connectivity index (χ4n) is 2.26. The van der Waals surface area contributed by atoms with Crippen LogP contribution in [-0.2, 0) is 12.8 Å². The number of ether oxygens (including phenoxy) is 1. The molecule has 0 aromatic heterocycles. The number of hydrogen-bond acceptors (Lipinski definition) is 2. The van der Waals surface area contributed by atoms with E-state index in [0.29, 0.717) is 5.75 Å². The van der Waals surface area contributed by atoms with Gasteiger partial charge in [-0.3, -0.25) is 0 Å². The maximum Gasteiger partial charge on any atom is 0.127 e. The summed E-state index contributed by atoms with van der Waals surface area (Å²) in [5, 5.41) is 10.3. The molecule has 2 rings (SSSR count). The lowest BCUT2D eigenvalue weighted by Gasteiger charge is -2.33. The quantitative estimate of drug-likeness (QED) is 0.799. The van der Waals surface area contributed by atoms with Crippen molar-refractivity contribution in [3.63, 3.8) is 0 Å². The Morgan fingerprint density at radius 3 is 2.78 bits per heavy atom. The van der Waals surface area contributed by atoms with Crippen LogP contribution < -0.4 is 4.74 Å². The molecular weight excluding hydrogens is 224 g/mol. The van der Waals surface area contributed by atoms with E-state index in [-0.39, 0.29) is 5.60 Å². The van der Waals surface area contributed by atoms with Crippen LogP contribution in [0.5, 0.6) is 11.5 Å². The first-order chi connectivity index (χ1) is 8.39. The third-order valence-corrected chi connectivity index (χ3v) is 3.42. The second-order valence-electron chi connectivity index (χ2n) is 5.90. The van der Waals surface area contributed by atoms with Crippen LogP contribution >= 0.6 is 0 Å². The first kappa shape index (κ1) is 13.0. The van der Waals surface area contributed by atoms with Crippen LogP contribution in [0.4, 0.5) is 0 Å². The molecule has 0 atom stereocenters. The van der Waals surface area contributed by atoms with Gasteiger partial charge in [0.25, 0.3) is 0 Å². The molecule has 98 valence electrons. The zero-order chi connectivity index (χ0) is 13.3. The van der Waals surface area contributed by atoms with Gasteiger partial charge in [0.05, 0.1) is 0 Å². The number of phenols is 1. The summed E-state index contributed by atoms with van der Waals surface area (Å²) in [6.45, 7) is 8.32. The van der Waals surface area contributed by atoms with Crippen molar-refractivity contribution in [2.24, 2.45) is 0 Å². The van der Waals surface area contributed by atoms with E-state index >= 15 is 0 Å². The minimum atomic E-state index is -0.124. The van der Waals surface area contributed by atoms with Crippen molar-refractivity contribution in [2.45, 2.75) is 52.6 Å². The molecule has 1 aromatic carbocycles. The van der Waals surface area contributed by atoms with E-state index in [1.165, 1.54) is 5.57 Å². The number of phenolic OH excluding ortho intramolecular Hbond substituents is 1. The van der Waals surface area contributed by atoms with Crippen LogP contribution in [0.2, 0.25) is 0 Å². The molecule has 0 saturated heterocycles. The molecule has 2 nitrogen and oxygen atoms in total. The van der Waals surface area contributed by atoms with Crippen LogP contribution in [0, 0.1) is 0 Å². The van der Waals surface area contributed by atoms with Gasteiger partial charge < -0.3 is 9.84 Å². The highest BCUT2D eigenvalue weighted by atomic mass is 16.5. The summed E-state index contributed by atoms with van der Waals surface area (Å²) in [5.74, 6) is 1.25. The van der Waals surface area contributed by atoms with Gasteiger partial charge in [-0.05, 0) is 58.6 Å².